The van der Waals surface area contributed by atoms with E-state index >= 15 is 0 Å². The average molecular weight is 1060 g/mol. The van der Waals surface area contributed by atoms with Gasteiger partial charge in [0, 0.05) is 22.7 Å². The van der Waals surface area contributed by atoms with Crippen LogP contribution in [-0.4, -0.2) is 8.64 Å². The van der Waals surface area contributed by atoms with Crippen LogP contribution in [0.4, 0.5) is 22.7 Å². The van der Waals surface area contributed by atoms with Crippen LogP contribution in [0, 0.1) is 0 Å². The van der Waals surface area contributed by atoms with E-state index in [4.69, 9.17) is 49.7 Å². The molecule has 0 bridgehead atoms. The number of benzene rings is 4. The number of rotatable bonds is 36. The predicted octanol–water partition coefficient (Wildman–Crippen LogP) is 20.5. The molecule has 69 heavy (non-hydrogen) atoms. The van der Waals surface area contributed by atoms with Crippen LogP contribution < -0.4 is 9.80 Å². The van der Waals surface area contributed by atoms with Gasteiger partial charge in [-0.3, -0.25) is 0 Å². The van der Waals surface area contributed by atoms with Crippen LogP contribution in [0.5, 0.6) is 0 Å². The summed E-state index contributed by atoms with van der Waals surface area (Å²) < 4.78 is 1.03. The monoisotopic (exact) mass is 1060 g/mol. The Morgan fingerprint density at radius 1 is 0.304 bits per heavy atom. The van der Waals surface area contributed by atoms with Gasteiger partial charge in [-0.2, -0.15) is 0 Å². The van der Waals surface area contributed by atoms with Crippen LogP contribution in [0.15, 0.2) is 97.1 Å². The van der Waals surface area contributed by atoms with Crippen LogP contribution in [0.1, 0.15) is 230 Å². The molecule has 0 aromatic heterocycles. The Balaban J connectivity index is 0.000000467. The first-order valence-corrected chi connectivity index (χ1v) is 29.3. The number of hydrogen-bond donors (Lipinski definition) is 0. The molecule has 0 saturated carbocycles. The first-order chi connectivity index (χ1) is 33.4. The summed E-state index contributed by atoms with van der Waals surface area (Å²) in [4.78, 5) is 4.30. The summed E-state index contributed by atoms with van der Waals surface area (Å²) >= 11 is 22.5. The zero-order valence-electron chi connectivity index (χ0n) is 44.1. The quantitative estimate of drug-likeness (QED) is 0.0192. The maximum Gasteiger partial charge on any atom is 2.00 e. The second-order valence-corrected chi connectivity index (χ2v) is 21.3. The van der Waals surface area contributed by atoms with E-state index in [2.05, 4.69) is 135 Å². The summed E-state index contributed by atoms with van der Waals surface area (Å²) in [7, 11) is 0. The third kappa shape index (κ3) is 25.8. The van der Waals surface area contributed by atoms with Crippen molar-refractivity contribution in [2.45, 2.75) is 233 Å². The molecular formula is C62H92N2S4Zn. The van der Waals surface area contributed by atoms with Crippen molar-refractivity contribution in [2.24, 2.45) is 0 Å². The largest absolute Gasteiger partial charge is 2.00 e. The number of thiocarbonyl (C=S) groups is 2. The van der Waals surface area contributed by atoms with E-state index in [1.165, 1.54) is 225 Å². The van der Waals surface area contributed by atoms with Crippen LogP contribution in [0.3, 0.4) is 0 Å². The first kappa shape index (κ1) is 62.8. The minimum absolute atomic E-state index is 0. The molecule has 4 rings (SSSR count). The summed E-state index contributed by atoms with van der Waals surface area (Å²) in [5.41, 5.74) is 10.1. The van der Waals surface area contributed by atoms with E-state index in [1.54, 1.807) is 0 Å². The van der Waals surface area contributed by atoms with E-state index < -0.39 is 0 Å². The molecule has 0 N–H and O–H groups in total. The molecule has 0 aliphatic rings. The topological polar surface area (TPSA) is 6.48 Å². The fraction of sp³-hybridized carbons (Fsp3) is 0.581. The summed E-state index contributed by atoms with van der Waals surface area (Å²) in [6.45, 7) is 9.11. The van der Waals surface area contributed by atoms with Crippen molar-refractivity contribution in [3.05, 3.63) is 119 Å². The van der Waals surface area contributed by atoms with Gasteiger partial charge >= 0.3 is 19.5 Å². The molecule has 0 unspecified atom stereocenters. The van der Waals surface area contributed by atoms with Crippen molar-refractivity contribution in [1.82, 2.24) is 0 Å². The molecule has 0 heterocycles. The van der Waals surface area contributed by atoms with Crippen molar-refractivity contribution >= 4 is 81.1 Å². The second-order valence-electron chi connectivity index (χ2n) is 19.2. The summed E-state index contributed by atoms with van der Waals surface area (Å²) in [5, 5.41) is 0. The van der Waals surface area contributed by atoms with Gasteiger partial charge in [0.1, 0.15) is 0 Å². The van der Waals surface area contributed by atoms with Gasteiger partial charge in [-0.1, -0.05) is 263 Å². The summed E-state index contributed by atoms with van der Waals surface area (Å²) in [5.74, 6) is 0. The number of aryl methyl sites for hydroxylation is 4. The Hall–Kier alpha value is -2.28. The van der Waals surface area contributed by atoms with Gasteiger partial charge in [0.2, 0.25) is 0 Å². The number of unbranched alkanes of at least 4 members (excludes halogenated alkanes) is 24. The molecule has 0 atom stereocenters. The van der Waals surface area contributed by atoms with Gasteiger partial charge in [-0.05, 0) is 97.9 Å². The molecular weight excluding hydrogens is 966 g/mol. The fourth-order valence-corrected chi connectivity index (χ4v) is 10.3. The Labute approximate surface area is 459 Å². The van der Waals surface area contributed by atoms with Crippen molar-refractivity contribution in [2.75, 3.05) is 9.80 Å². The Morgan fingerprint density at radius 2 is 0.478 bits per heavy atom. The van der Waals surface area contributed by atoms with Crippen molar-refractivity contribution in [3.8, 4) is 0 Å². The van der Waals surface area contributed by atoms with E-state index in [9.17, 15) is 0 Å². The second kappa shape index (κ2) is 41.2. The van der Waals surface area contributed by atoms with Crippen LogP contribution >= 0.6 is 24.4 Å². The standard InChI is InChI=1S/2C31H47NS2.Zn/c2*1-3-5-7-9-11-13-15-21-27-23-17-19-25-29(27)32(31(33)34)30-26-20-18-24-28(30)22-16-14-12-10-8-6-4-2;/h2*17-20,23-26H,3-16,21-22H2,1-2H3,(H,33,34);/q;;+2/p-2. The molecule has 0 radical (unpaired) electrons. The molecule has 4 aromatic rings. The first-order valence-electron chi connectivity index (χ1n) is 27.7. The third-order valence-electron chi connectivity index (χ3n) is 13.5. The average Bonchev–Trinajstić information content (AvgIpc) is 3.34. The maximum atomic E-state index is 5.63. The molecule has 2 nitrogen and oxygen atoms in total. The number of para-hydroxylation sites is 4. The minimum atomic E-state index is 0. The summed E-state index contributed by atoms with van der Waals surface area (Å²) in [6.07, 6.45) is 41.4. The van der Waals surface area contributed by atoms with Gasteiger partial charge in [-0.25, -0.2) is 0 Å². The van der Waals surface area contributed by atoms with E-state index in [0.29, 0.717) is 8.64 Å². The van der Waals surface area contributed by atoms with E-state index in [0.717, 1.165) is 25.7 Å². The fourth-order valence-electron chi connectivity index (χ4n) is 9.50. The molecule has 376 valence electrons. The van der Waals surface area contributed by atoms with Crippen molar-refractivity contribution < 1.29 is 19.5 Å². The van der Waals surface area contributed by atoms with Crippen LogP contribution in [0.25, 0.3) is 0 Å². The van der Waals surface area contributed by atoms with Gasteiger partial charge in [0.15, 0.2) is 0 Å². The van der Waals surface area contributed by atoms with Crippen molar-refractivity contribution in [1.29, 1.82) is 0 Å². The normalized spacial score (nSPS) is 10.8. The molecule has 0 fully saturated rings. The van der Waals surface area contributed by atoms with Crippen LogP contribution in [-0.2, 0) is 70.4 Å². The molecule has 4 aromatic carbocycles. The molecule has 0 aliphatic carbocycles. The SMILES string of the molecule is CCCCCCCCCc1ccccc1N(C(=S)[S-])c1ccccc1CCCCCCCCC.CCCCCCCCCc1ccccc1N(C(=S)[S-])c1ccccc1CCCCCCCCC.[Zn+2]. The predicted molar refractivity (Wildman–Crippen MR) is 317 cm³/mol. The smallest absolute Gasteiger partial charge is 0.411 e. The Morgan fingerprint density at radius 3 is 0.667 bits per heavy atom. The zero-order chi connectivity index (χ0) is 48.9. The Bertz CT molecular complexity index is 1650. The molecule has 0 aliphatic heterocycles. The van der Waals surface area contributed by atoms with Crippen molar-refractivity contribution in [3.63, 3.8) is 0 Å². The summed E-state index contributed by atoms with van der Waals surface area (Å²) in [6, 6.07) is 34.8. The van der Waals surface area contributed by atoms with Crippen LogP contribution in [0.2, 0.25) is 0 Å². The number of hydrogen-bond acceptors (Lipinski definition) is 4. The number of anilines is 4. The Kier molecular flexibility index (Phi) is 37.5. The molecule has 0 saturated heterocycles. The van der Waals surface area contributed by atoms with Gasteiger partial charge in [-0.15, -0.1) is 0 Å². The third-order valence-corrected chi connectivity index (χ3v) is 14.2. The molecule has 0 amide bonds. The van der Waals surface area contributed by atoms with Gasteiger partial charge < -0.3 is 59.5 Å². The number of nitrogens with zero attached hydrogens (tertiary/aromatic N) is 2. The van der Waals surface area contributed by atoms with Gasteiger partial charge in [0.25, 0.3) is 0 Å². The van der Waals surface area contributed by atoms with E-state index in [1.807, 2.05) is 0 Å². The minimum Gasteiger partial charge on any atom is -0.411 e. The maximum absolute atomic E-state index is 5.63. The van der Waals surface area contributed by atoms with Gasteiger partial charge in [0.05, 0.1) is 0 Å². The van der Waals surface area contributed by atoms with E-state index in [-0.39, 0.29) is 19.5 Å². The molecule has 0 spiro atoms. The zero-order valence-corrected chi connectivity index (χ0v) is 50.3. The molecule has 7 heteroatoms.